The molecule has 0 aliphatic rings. The van der Waals surface area contributed by atoms with Crippen molar-refractivity contribution >= 4 is 33.4 Å². The third kappa shape index (κ3) is 2.65. The maximum absolute atomic E-state index is 12.0. The number of rotatable bonds is 3. The van der Waals surface area contributed by atoms with Gasteiger partial charge in [-0.2, -0.15) is 10.2 Å². The number of halogens is 1. The number of hydrogen-bond donors (Lipinski definition) is 2. The molecule has 0 aromatic carbocycles. The fourth-order valence-electron chi connectivity index (χ4n) is 1.56. The monoisotopic (exact) mass is 326 g/mol. The van der Waals surface area contributed by atoms with Crippen LogP contribution in [0.15, 0.2) is 16.9 Å². The molecule has 0 aliphatic carbocycles. The van der Waals surface area contributed by atoms with Crippen molar-refractivity contribution in [3.05, 3.63) is 28.3 Å². The smallest absolute Gasteiger partial charge is 0.277 e. The predicted octanol–water partition coefficient (Wildman–Crippen LogP) is 0.267. The van der Waals surface area contributed by atoms with Crippen molar-refractivity contribution in [2.75, 3.05) is 5.32 Å². The van der Waals surface area contributed by atoms with Crippen molar-refractivity contribution in [2.45, 2.75) is 0 Å². The van der Waals surface area contributed by atoms with Crippen LogP contribution in [-0.2, 0) is 14.1 Å². The van der Waals surface area contributed by atoms with E-state index in [1.54, 1.807) is 20.3 Å². The van der Waals surface area contributed by atoms with Crippen molar-refractivity contribution in [3.8, 4) is 0 Å². The first-order valence-corrected chi connectivity index (χ1v) is 6.01. The second-order valence-corrected chi connectivity index (χ2v) is 4.74. The summed E-state index contributed by atoms with van der Waals surface area (Å²) in [5.74, 6) is -1.17. The van der Waals surface area contributed by atoms with E-state index in [1.165, 1.54) is 15.6 Å². The van der Waals surface area contributed by atoms with Crippen LogP contribution in [0, 0.1) is 0 Å². The van der Waals surface area contributed by atoms with Gasteiger partial charge in [0.15, 0.2) is 11.4 Å². The Morgan fingerprint density at radius 1 is 1.21 bits per heavy atom. The van der Waals surface area contributed by atoms with Crippen LogP contribution < -0.4 is 11.1 Å². The van der Waals surface area contributed by atoms with Crippen LogP contribution in [0.1, 0.15) is 21.0 Å². The fraction of sp³-hybridized carbons (Fsp3) is 0.200. The number of aromatic nitrogens is 4. The van der Waals surface area contributed by atoms with Crippen LogP contribution in [-0.4, -0.2) is 31.4 Å². The average Bonchev–Trinajstić information content (AvgIpc) is 2.81. The van der Waals surface area contributed by atoms with Crippen LogP contribution in [0.4, 0.5) is 5.69 Å². The molecule has 2 amide bonds. The van der Waals surface area contributed by atoms with E-state index in [0.29, 0.717) is 4.47 Å². The lowest BCUT2D eigenvalue weighted by Gasteiger charge is -2.01. The number of amides is 2. The Morgan fingerprint density at radius 2 is 1.79 bits per heavy atom. The van der Waals surface area contributed by atoms with Crippen molar-refractivity contribution < 1.29 is 9.59 Å². The Balaban J connectivity index is 2.29. The number of nitrogens with zero attached hydrogens (tertiary/aromatic N) is 4. The summed E-state index contributed by atoms with van der Waals surface area (Å²) >= 11 is 3.23. The maximum atomic E-state index is 12.0. The second kappa shape index (κ2) is 4.84. The van der Waals surface area contributed by atoms with Crippen LogP contribution in [0.2, 0.25) is 0 Å². The largest absolute Gasteiger partial charge is 0.364 e. The molecule has 9 heteroatoms. The second-order valence-electron chi connectivity index (χ2n) is 3.88. The molecule has 2 aromatic rings. The molecule has 0 unspecified atom stereocenters. The molecule has 8 nitrogen and oxygen atoms in total. The molecular formula is C10H11BrN6O2. The maximum Gasteiger partial charge on any atom is 0.277 e. The Labute approximate surface area is 116 Å². The molecule has 3 N–H and O–H groups in total. The summed E-state index contributed by atoms with van der Waals surface area (Å²) in [4.78, 5) is 23.2. The number of carbonyl (C=O) groups excluding carboxylic acids is 2. The summed E-state index contributed by atoms with van der Waals surface area (Å²) in [6.45, 7) is 0. The number of anilines is 1. The van der Waals surface area contributed by atoms with Gasteiger partial charge in [-0.05, 0) is 15.9 Å². The van der Waals surface area contributed by atoms with E-state index in [2.05, 4.69) is 31.4 Å². The minimum Gasteiger partial charge on any atom is -0.364 e. The molecule has 0 fully saturated rings. The Bertz CT molecular complexity index is 659. The lowest BCUT2D eigenvalue weighted by Crippen LogP contribution is -2.18. The number of aryl methyl sites for hydroxylation is 2. The van der Waals surface area contributed by atoms with E-state index in [0.717, 1.165) is 0 Å². The highest BCUT2D eigenvalue weighted by atomic mass is 79.9. The van der Waals surface area contributed by atoms with E-state index in [1.807, 2.05) is 0 Å². The number of hydrogen-bond acceptors (Lipinski definition) is 4. The van der Waals surface area contributed by atoms with Gasteiger partial charge in [-0.25, -0.2) is 0 Å². The molecule has 0 bridgehead atoms. The quantitative estimate of drug-likeness (QED) is 0.843. The Morgan fingerprint density at radius 3 is 2.32 bits per heavy atom. The van der Waals surface area contributed by atoms with Crippen LogP contribution >= 0.6 is 15.9 Å². The lowest BCUT2D eigenvalue weighted by molar-refractivity contribution is 0.0995. The molecule has 0 radical (unpaired) electrons. The molecular weight excluding hydrogens is 316 g/mol. The molecule has 100 valence electrons. The average molecular weight is 327 g/mol. The first-order valence-electron chi connectivity index (χ1n) is 5.22. The molecule has 19 heavy (non-hydrogen) atoms. The summed E-state index contributed by atoms with van der Waals surface area (Å²) in [5.41, 5.74) is 5.64. The van der Waals surface area contributed by atoms with Crippen LogP contribution in [0.25, 0.3) is 0 Å². The minimum atomic E-state index is -0.712. The van der Waals surface area contributed by atoms with Gasteiger partial charge < -0.3 is 11.1 Å². The predicted molar refractivity (Wildman–Crippen MR) is 70.6 cm³/mol. The van der Waals surface area contributed by atoms with Gasteiger partial charge in [0.05, 0.1) is 10.2 Å². The number of primary amides is 1. The zero-order valence-corrected chi connectivity index (χ0v) is 11.8. The van der Waals surface area contributed by atoms with Crippen molar-refractivity contribution in [3.63, 3.8) is 0 Å². The lowest BCUT2D eigenvalue weighted by atomic mass is 10.3. The number of nitrogens with two attached hydrogens (primary N) is 1. The van der Waals surface area contributed by atoms with Gasteiger partial charge in [-0.3, -0.25) is 19.0 Å². The SMILES string of the molecule is Cn1cc(Br)c(C(=O)Nc2cn(C)nc2C(N)=O)n1. The van der Waals surface area contributed by atoms with Crippen molar-refractivity contribution in [1.82, 2.24) is 19.6 Å². The fourth-order valence-corrected chi connectivity index (χ4v) is 2.11. The van der Waals surface area contributed by atoms with Gasteiger partial charge in [-0.1, -0.05) is 0 Å². The van der Waals surface area contributed by atoms with E-state index in [4.69, 9.17) is 5.73 Å². The topological polar surface area (TPSA) is 108 Å². The highest BCUT2D eigenvalue weighted by Crippen LogP contribution is 2.18. The molecule has 2 aromatic heterocycles. The van der Waals surface area contributed by atoms with E-state index in [9.17, 15) is 9.59 Å². The van der Waals surface area contributed by atoms with E-state index in [-0.39, 0.29) is 17.1 Å². The molecule has 2 heterocycles. The van der Waals surface area contributed by atoms with E-state index < -0.39 is 11.8 Å². The van der Waals surface area contributed by atoms with Gasteiger partial charge in [0.25, 0.3) is 11.8 Å². The van der Waals surface area contributed by atoms with Gasteiger partial charge in [0.2, 0.25) is 0 Å². The summed E-state index contributed by atoms with van der Waals surface area (Å²) in [6.07, 6.45) is 3.14. The molecule has 0 saturated carbocycles. The third-order valence-electron chi connectivity index (χ3n) is 2.31. The molecule has 0 saturated heterocycles. The summed E-state index contributed by atoms with van der Waals surface area (Å²) < 4.78 is 3.44. The minimum absolute atomic E-state index is 0.00269. The number of nitrogens with one attached hydrogen (secondary N) is 1. The van der Waals surface area contributed by atoms with Gasteiger partial charge in [0.1, 0.15) is 0 Å². The van der Waals surface area contributed by atoms with Gasteiger partial charge in [0, 0.05) is 26.5 Å². The normalized spacial score (nSPS) is 10.5. The molecule has 2 rings (SSSR count). The Kier molecular flexibility index (Phi) is 3.38. The van der Waals surface area contributed by atoms with Crippen molar-refractivity contribution in [1.29, 1.82) is 0 Å². The van der Waals surface area contributed by atoms with Gasteiger partial charge >= 0.3 is 0 Å². The van der Waals surface area contributed by atoms with Crippen LogP contribution in [0.3, 0.4) is 0 Å². The van der Waals surface area contributed by atoms with E-state index >= 15 is 0 Å². The Hall–Kier alpha value is -2.16. The van der Waals surface area contributed by atoms with Crippen LogP contribution in [0.5, 0.6) is 0 Å². The van der Waals surface area contributed by atoms with Crippen molar-refractivity contribution in [2.24, 2.45) is 19.8 Å². The number of carbonyl (C=O) groups is 2. The third-order valence-corrected chi connectivity index (χ3v) is 2.89. The zero-order chi connectivity index (χ0) is 14.2. The first-order chi connectivity index (χ1) is 8.88. The highest BCUT2D eigenvalue weighted by molar-refractivity contribution is 9.10. The summed E-state index contributed by atoms with van der Waals surface area (Å²) in [5, 5.41) is 10.4. The van der Waals surface area contributed by atoms with Gasteiger partial charge in [-0.15, -0.1) is 0 Å². The summed E-state index contributed by atoms with van der Waals surface area (Å²) in [6, 6.07) is 0. The highest BCUT2D eigenvalue weighted by Gasteiger charge is 2.19. The first kappa shape index (κ1) is 13.3. The zero-order valence-electron chi connectivity index (χ0n) is 10.2. The summed E-state index contributed by atoms with van der Waals surface area (Å²) in [7, 11) is 3.32. The standard InChI is InChI=1S/C10H11BrN6O2/c1-16-3-5(11)7(14-16)10(19)13-6-4-17(2)15-8(6)9(12)18/h3-4H,1-2H3,(H2,12,18)(H,13,19). The molecule has 0 atom stereocenters. The molecule has 0 spiro atoms. The molecule has 0 aliphatic heterocycles.